The van der Waals surface area contributed by atoms with Gasteiger partial charge in [0.1, 0.15) is 6.61 Å². The number of aliphatic hydroxyl groups excluding tert-OH is 1. The molecule has 2 heterocycles. The lowest BCUT2D eigenvalue weighted by Crippen LogP contribution is -2.48. The number of nitrogens with zero attached hydrogens (tertiary/aromatic N) is 2. The zero-order valence-electron chi connectivity index (χ0n) is 17.1. The Morgan fingerprint density at radius 1 is 1.14 bits per heavy atom. The minimum Gasteiger partial charge on any atom is -0.387 e. The van der Waals surface area contributed by atoms with Gasteiger partial charge in [0.2, 0.25) is 11.8 Å². The zero-order chi connectivity index (χ0) is 20.4. The first kappa shape index (κ1) is 20.4. The lowest BCUT2D eigenvalue weighted by Gasteiger charge is -2.41. The smallest absolute Gasteiger partial charge is 0.248 e. The summed E-state index contributed by atoms with van der Waals surface area (Å²) in [4.78, 5) is 28.2. The summed E-state index contributed by atoms with van der Waals surface area (Å²) >= 11 is 0. The van der Waals surface area contributed by atoms with Crippen molar-refractivity contribution < 1.29 is 14.7 Å². The van der Waals surface area contributed by atoms with Crippen LogP contribution in [0.2, 0.25) is 0 Å². The fraction of sp³-hybridized carbons (Fsp3) is 0.652. The molecule has 6 heteroatoms. The van der Waals surface area contributed by atoms with E-state index in [1.165, 1.54) is 37.7 Å². The van der Waals surface area contributed by atoms with Crippen LogP contribution in [0, 0.1) is 5.92 Å². The van der Waals surface area contributed by atoms with Gasteiger partial charge in [0.05, 0.1) is 0 Å². The van der Waals surface area contributed by atoms with Gasteiger partial charge in [-0.3, -0.25) is 14.5 Å². The first-order valence-corrected chi connectivity index (χ1v) is 11.1. The van der Waals surface area contributed by atoms with Gasteiger partial charge in [-0.25, -0.2) is 0 Å². The van der Waals surface area contributed by atoms with Crippen LogP contribution >= 0.6 is 0 Å². The molecule has 1 aliphatic carbocycles. The molecule has 0 radical (unpaired) electrons. The van der Waals surface area contributed by atoms with Crippen LogP contribution in [0.5, 0.6) is 0 Å². The number of hydrogen-bond donors (Lipinski definition) is 2. The van der Waals surface area contributed by atoms with Crippen molar-refractivity contribution in [3.63, 3.8) is 0 Å². The molecule has 1 aromatic rings. The molecule has 3 N–H and O–H groups in total. The third-order valence-electron chi connectivity index (χ3n) is 7.35. The minimum absolute atomic E-state index is 0.137. The van der Waals surface area contributed by atoms with Crippen molar-refractivity contribution in [2.24, 2.45) is 11.7 Å². The number of benzene rings is 1. The molecule has 158 valence electrons. The van der Waals surface area contributed by atoms with E-state index in [-0.39, 0.29) is 11.8 Å². The van der Waals surface area contributed by atoms with Gasteiger partial charge < -0.3 is 15.7 Å². The molecule has 1 saturated carbocycles. The van der Waals surface area contributed by atoms with Crippen LogP contribution in [0.15, 0.2) is 24.3 Å². The van der Waals surface area contributed by atoms with Gasteiger partial charge in [-0.2, -0.15) is 0 Å². The van der Waals surface area contributed by atoms with E-state index in [4.69, 9.17) is 5.73 Å². The second-order valence-electron chi connectivity index (χ2n) is 9.08. The predicted molar refractivity (Wildman–Crippen MR) is 111 cm³/mol. The summed E-state index contributed by atoms with van der Waals surface area (Å²) < 4.78 is 0. The number of fused-ring (bicyclic) bond motifs is 2. The Bertz CT molecular complexity index is 735. The molecule has 2 aliphatic heterocycles. The predicted octanol–water partition coefficient (Wildman–Crippen LogP) is 2.12. The summed E-state index contributed by atoms with van der Waals surface area (Å²) in [7, 11) is 0. The molecule has 2 saturated heterocycles. The second kappa shape index (κ2) is 8.84. The lowest BCUT2D eigenvalue weighted by molar-refractivity contribution is -0.135. The summed E-state index contributed by atoms with van der Waals surface area (Å²) in [5.41, 5.74) is 7.27. The second-order valence-corrected chi connectivity index (χ2v) is 9.08. The Hall–Kier alpha value is -1.92. The number of aliphatic hydroxyl groups is 1. The number of rotatable bonds is 8. The van der Waals surface area contributed by atoms with E-state index in [1.807, 2.05) is 17.0 Å². The Morgan fingerprint density at radius 2 is 1.86 bits per heavy atom. The number of nitrogens with two attached hydrogens (primary N) is 1. The molecule has 2 unspecified atom stereocenters. The van der Waals surface area contributed by atoms with Crippen molar-refractivity contribution in [2.45, 2.75) is 62.9 Å². The van der Waals surface area contributed by atoms with Crippen LogP contribution in [0.1, 0.15) is 66.8 Å². The highest BCUT2D eigenvalue weighted by molar-refractivity contribution is 5.92. The largest absolute Gasteiger partial charge is 0.387 e. The summed E-state index contributed by atoms with van der Waals surface area (Å²) in [6.45, 7) is 2.01. The Kier molecular flexibility index (Phi) is 6.20. The van der Waals surface area contributed by atoms with Gasteiger partial charge in [0.25, 0.3) is 0 Å². The standard InChI is InChI=1S/C23H33N3O3/c24-23(29)18-6-2-5-17(11-18)19-12-20-7-8-21(13-19)26(20)10-9-25(22(28)15-27)14-16-3-1-4-16/h2,5-6,11,16,19-21,27H,1,3-4,7-10,12-15H2,(H2,24,29). The van der Waals surface area contributed by atoms with Crippen LogP contribution in [0.3, 0.4) is 0 Å². The molecular formula is C23H33N3O3. The quantitative estimate of drug-likeness (QED) is 0.701. The molecular weight excluding hydrogens is 366 g/mol. The number of carbonyl (C=O) groups is 2. The summed E-state index contributed by atoms with van der Waals surface area (Å²) in [5, 5.41) is 9.35. The maximum Gasteiger partial charge on any atom is 0.248 e. The molecule has 2 atom stereocenters. The van der Waals surface area contributed by atoms with Crippen molar-refractivity contribution in [3.05, 3.63) is 35.4 Å². The Labute approximate surface area is 173 Å². The lowest BCUT2D eigenvalue weighted by atomic mass is 9.84. The first-order valence-electron chi connectivity index (χ1n) is 11.1. The van der Waals surface area contributed by atoms with Crippen LogP contribution in [-0.4, -0.2) is 65.0 Å². The van der Waals surface area contributed by atoms with Gasteiger partial charge in [-0.1, -0.05) is 18.6 Å². The fourth-order valence-corrected chi connectivity index (χ4v) is 5.50. The van der Waals surface area contributed by atoms with E-state index < -0.39 is 6.61 Å². The Balaban J connectivity index is 1.37. The number of hydrogen-bond acceptors (Lipinski definition) is 4. The number of primary amides is 1. The highest BCUT2D eigenvalue weighted by atomic mass is 16.3. The number of amides is 2. The van der Waals surface area contributed by atoms with E-state index in [9.17, 15) is 14.7 Å². The highest BCUT2D eigenvalue weighted by Gasteiger charge is 2.41. The normalized spacial score (nSPS) is 26.9. The zero-order valence-corrected chi connectivity index (χ0v) is 17.1. The molecule has 2 amide bonds. The van der Waals surface area contributed by atoms with Gasteiger partial charge in [-0.05, 0) is 68.1 Å². The highest BCUT2D eigenvalue weighted by Crippen LogP contribution is 2.43. The van der Waals surface area contributed by atoms with E-state index in [2.05, 4.69) is 11.0 Å². The van der Waals surface area contributed by atoms with E-state index in [1.54, 1.807) is 6.07 Å². The van der Waals surface area contributed by atoms with Crippen LogP contribution in [0.4, 0.5) is 0 Å². The molecule has 0 aromatic heterocycles. The van der Waals surface area contributed by atoms with E-state index >= 15 is 0 Å². The molecule has 2 bridgehead atoms. The maximum absolute atomic E-state index is 12.2. The Morgan fingerprint density at radius 3 is 2.45 bits per heavy atom. The van der Waals surface area contributed by atoms with Crippen molar-refractivity contribution in [3.8, 4) is 0 Å². The molecule has 0 spiro atoms. The van der Waals surface area contributed by atoms with E-state index in [0.717, 1.165) is 25.9 Å². The summed E-state index contributed by atoms with van der Waals surface area (Å²) in [6, 6.07) is 8.86. The number of carbonyl (C=O) groups excluding carboxylic acids is 2. The average Bonchev–Trinajstić information content (AvgIpc) is 2.93. The molecule has 29 heavy (non-hydrogen) atoms. The van der Waals surface area contributed by atoms with Gasteiger partial charge in [-0.15, -0.1) is 0 Å². The van der Waals surface area contributed by atoms with Crippen molar-refractivity contribution in [1.82, 2.24) is 9.80 Å². The number of piperidine rings is 1. The molecule has 4 rings (SSSR count). The molecule has 3 fully saturated rings. The summed E-state index contributed by atoms with van der Waals surface area (Å²) in [5.74, 6) is 0.577. The van der Waals surface area contributed by atoms with Gasteiger partial charge in [0.15, 0.2) is 0 Å². The molecule has 1 aromatic carbocycles. The van der Waals surface area contributed by atoms with Crippen LogP contribution in [-0.2, 0) is 4.79 Å². The molecule has 6 nitrogen and oxygen atoms in total. The van der Waals surface area contributed by atoms with Crippen LogP contribution in [0.25, 0.3) is 0 Å². The van der Waals surface area contributed by atoms with Crippen molar-refractivity contribution in [1.29, 1.82) is 0 Å². The minimum atomic E-state index is -0.391. The van der Waals surface area contributed by atoms with E-state index in [0.29, 0.717) is 36.0 Å². The topological polar surface area (TPSA) is 86.9 Å². The van der Waals surface area contributed by atoms with Crippen molar-refractivity contribution in [2.75, 3.05) is 26.2 Å². The third-order valence-corrected chi connectivity index (χ3v) is 7.35. The van der Waals surface area contributed by atoms with Crippen LogP contribution < -0.4 is 5.73 Å². The monoisotopic (exact) mass is 399 g/mol. The fourth-order valence-electron chi connectivity index (χ4n) is 5.50. The van der Waals surface area contributed by atoms with Gasteiger partial charge in [0, 0.05) is 37.3 Å². The molecule has 3 aliphatic rings. The average molecular weight is 400 g/mol. The van der Waals surface area contributed by atoms with Crippen molar-refractivity contribution >= 4 is 11.8 Å². The maximum atomic E-state index is 12.2. The third kappa shape index (κ3) is 4.48. The summed E-state index contributed by atoms with van der Waals surface area (Å²) in [6.07, 6.45) is 8.26. The first-order chi connectivity index (χ1) is 14.0. The SMILES string of the molecule is NC(=O)c1cccc(C2CC3CCC(C2)N3CCN(CC2CCC2)C(=O)CO)c1. The van der Waals surface area contributed by atoms with Gasteiger partial charge >= 0.3 is 0 Å².